The van der Waals surface area contributed by atoms with E-state index in [1.165, 1.54) is 0 Å². The summed E-state index contributed by atoms with van der Waals surface area (Å²) >= 11 is 0. The summed E-state index contributed by atoms with van der Waals surface area (Å²) in [6.07, 6.45) is 5.81. The maximum Gasteiger partial charge on any atom is 0.255 e. The van der Waals surface area contributed by atoms with Gasteiger partial charge in [-0.3, -0.25) is 9.69 Å². The number of hydrogen-bond acceptors (Lipinski definition) is 5. The molecule has 3 heterocycles. The van der Waals surface area contributed by atoms with Crippen LogP contribution < -0.4 is 10.1 Å². The van der Waals surface area contributed by atoms with Crippen molar-refractivity contribution in [2.45, 2.75) is 18.9 Å². The van der Waals surface area contributed by atoms with Gasteiger partial charge in [0.05, 0.1) is 30.7 Å². The molecule has 1 amide bonds. The Balaban J connectivity index is 1.43. The molecule has 0 radical (unpaired) electrons. The van der Waals surface area contributed by atoms with E-state index in [-0.39, 0.29) is 11.9 Å². The number of hydrogen-bond donors (Lipinski definition) is 1. The van der Waals surface area contributed by atoms with E-state index in [9.17, 15) is 4.79 Å². The molecule has 1 atom stereocenters. The van der Waals surface area contributed by atoms with Crippen molar-refractivity contribution >= 4 is 5.91 Å². The predicted octanol–water partition coefficient (Wildman–Crippen LogP) is 4.71. The third-order valence-electron chi connectivity index (χ3n) is 6.25. The molecule has 1 N–H and O–H groups in total. The Morgan fingerprint density at radius 2 is 1.82 bits per heavy atom. The molecule has 1 saturated heterocycles. The number of furan rings is 1. The third kappa shape index (κ3) is 4.61. The fourth-order valence-electron chi connectivity index (χ4n) is 4.44. The average Bonchev–Trinajstić information content (AvgIpc) is 3.67. The van der Waals surface area contributed by atoms with Gasteiger partial charge in [-0.05, 0) is 74.5 Å². The van der Waals surface area contributed by atoms with Crippen molar-refractivity contribution in [1.82, 2.24) is 20.0 Å². The van der Waals surface area contributed by atoms with Crippen LogP contribution in [0, 0.1) is 0 Å². The minimum atomic E-state index is -0.163. The maximum atomic E-state index is 13.5. The molecule has 0 aliphatic carbocycles. The molecule has 1 aliphatic rings. The summed E-state index contributed by atoms with van der Waals surface area (Å²) in [4.78, 5) is 15.8. The number of rotatable bonds is 8. The molecule has 5 rings (SSSR count). The van der Waals surface area contributed by atoms with Crippen LogP contribution in [0.15, 0.2) is 83.6 Å². The Hall–Kier alpha value is -3.84. The van der Waals surface area contributed by atoms with Gasteiger partial charge in [0.1, 0.15) is 17.2 Å². The summed E-state index contributed by atoms with van der Waals surface area (Å²) < 4.78 is 12.7. The lowest BCUT2D eigenvalue weighted by atomic mass is 10.1. The summed E-state index contributed by atoms with van der Waals surface area (Å²) in [6, 6.07) is 21.3. The smallest absolute Gasteiger partial charge is 0.255 e. The molecule has 0 bridgehead atoms. The van der Waals surface area contributed by atoms with E-state index in [2.05, 4.69) is 10.2 Å². The van der Waals surface area contributed by atoms with E-state index in [1.54, 1.807) is 24.3 Å². The van der Waals surface area contributed by atoms with Gasteiger partial charge in [0.15, 0.2) is 0 Å². The summed E-state index contributed by atoms with van der Waals surface area (Å²) in [6.45, 7) is 2.47. The molecule has 0 spiro atoms. The predicted molar refractivity (Wildman–Crippen MR) is 130 cm³/mol. The molecule has 7 nitrogen and oxygen atoms in total. The molecule has 34 heavy (non-hydrogen) atoms. The number of carbonyl (C=O) groups excluding carboxylic acids is 1. The van der Waals surface area contributed by atoms with Gasteiger partial charge in [0, 0.05) is 18.3 Å². The zero-order valence-electron chi connectivity index (χ0n) is 19.2. The van der Waals surface area contributed by atoms with Crippen LogP contribution in [0.25, 0.3) is 16.9 Å². The Labute approximate surface area is 199 Å². The SMILES string of the molecule is COc1ccc(-c2nn(-c3ccccc3)cc2C(=O)NC[C@@H](c2ccco2)N2CCCC2)cc1. The molecule has 7 heteroatoms. The number of carbonyl (C=O) groups is 1. The fourth-order valence-corrected chi connectivity index (χ4v) is 4.44. The zero-order valence-corrected chi connectivity index (χ0v) is 19.2. The van der Waals surface area contributed by atoms with Crippen molar-refractivity contribution in [2.75, 3.05) is 26.7 Å². The van der Waals surface area contributed by atoms with Gasteiger partial charge in [-0.15, -0.1) is 0 Å². The van der Waals surface area contributed by atoms with Gasteiger partial charge >= 0.3 is 0 Å². The van der Waals surface area contributed by atoms with Crippen molar-refractivity contribution in [3.8, 4) is 22.7 Å². The number of benzene rings is 2. The Kier molecular flexibility index (Phi) is 6.44. The molecule has 2 aromatic heterocycles. The molecule has 0 saturated carbocycles. The fraction of sp³-hybridized carbons (Fsp3) is 0.259. The van der Waals surface area contributed by atoms with Crippen LogP contribution in [0.1, 0.15) is 35.0 Å². The number of likely N-dealkylation sites (tertiary alicyclic amines) is 1. The van der Waals surface area contributed by atoms with Crippen LogP contribution in [-0.2, 0) is 0 Å². The lowest BCUT2D eigenvalue weighted by Crippen LogP contribution is -2.36. The number of nitrogens with one attached hydrogen (secondary N) is 1. The lowest BCUT2D eigenvalue weighted by Gasteiger charge is -2.26. The molecule has 1 aliphatic heterocycles. The number of para-hydroxylation sites is 1. The highest BCUT2D eigenvalue weighted by atomic mass is 16.5. The number of aromatic nitrogens is 2. The van der Waals surface area contributed by atoms with E-state index >= 15 is 0 Å². The van der Waals surface area contributed by atoms with Crippen LogP contribution in [0.4, 0.5) is 0 Å². The van der Waals surface area contributed by atoms with E-state index in [1.807, 2.05) is 66.7 Å². The summed E-state index contributed by atoms with van der Waals surface area (Å²) in [5, 5.41) is 7.91. The van der Waals surface area contributed by atoms with E-state index in [4.69, 9.17) is 14.3 Å². The van der Waals surface area contributed by atoms with E-state index in [0.717, 1.165) is 48.7 Å². The second-order valence-corrected chi connectivity index (χ2v) is 8.38. The molecule has 174 valence electrons. The first-order valence-electron chi connectivity index (χ1n) is 11.6. The molecular weight excluding hydrogens is 428 g/mol. The first kappa shape index (κ1) is 22.0. The van der Waals surface area contributed by atoms with Crippen molar-refractivity contribution in [1.29, 1.82) is 0 Å². The Morgan fingerprint density at radius 3 is 2.50 bits per heavy atom. The summed E-state index contributed by atoms with van der Waals surface area (Å²) in [7, 11) is 1.63. The minimum absolute atomic E-state index is 0.00931. The standard InChI is InChI=1S/C27H28N4O3/c1-33-22-13-11-20(12-14-22)26-23(19-31(29-26)21-8-3-2-4-9-21)27(32)28-18-24(25-10-7-17-34-25)30-15-5-6-16-30/h2-4,7-14,17,19,24H,5-6,15-16,18H2,1H3,(H,28,32)/t24-/m0/s1. The number of nitrogens with zero attached hydrogens (tertiary/aromatic N) is 3. The molecule has 0 unspecified atom stereocenters. The normalized spacial score (nSPS) is 14.7. The highest BCUT2D eigenvalue weighted by Gasteiger charge is 2.27. The average molecular weight is 457 g/mol. The first-order chi connectivity index (χ1) is 16.7. The third-order valence-corrected chi connectivity index (χ3v) is 6.25. The highest BCUT2D eigenvalue weighted by Crippen LogP contribution is 2.27. The molecule has 1 fully saturated rings. The van der Waals surface area contributed by atoms with Crippen LogP contribution in [0.5, 0.6) is 5.75 Å². The second kappa shape index (κ2) is 9.97. The quantitative estimate of drug-likeness (QED) is 0.416. The van der Waals surface area contributed by atoms with Crippen LogP contribution >= 0.6 is 0 Å². The molecular formula is C27H28N4O3. The van der Waals surface area contributed by atoms with Crippen molar-refractivity contribution in [3.63, 3.8) is 0 Å². The van der Waals surface area contributed by atoms with E-state index < -0.39 is 0 Å². The van der Waals surface area contributed by atoms with Crippen molar-refractivity contribution in [2.24, 2.45) is 0 Å². The van der Waals surface area contributed by atoms with Crippen molar-refractivity contribution < 1.29 is 13.9 Å². The zero-order chi connectivity index (χ0) is 23.3. The van der Waals surface area contributed by atoms with Crippen LogP contribution in [0.2, 0.25) is 0 Å². The second-order valence-electron chi connectivity index (χ2n) is 8.38. The van der Waals surface area contributed by atoms with Gasteiger partial charge in [0.2, 0.25) is 0 Å². The highest BCUT2D eigenvalue weighted by molar-refractivity contribution is 6.00. The van der Waals surface area contributed by atoms with Gasteiger partial charge < -0.3 is 14.5 Å². The maximum absolute atomic E-state index is 13.5. The van der Waals surface area contributed by atoms with Gasteiger partial charge in [-0.2, -0.15) is 5.10 Å². The Morgan fingerprint density at radius 1 is 1.06 bits per heavy atom. The first-order valence-corrected chi connectivity index (χ1v) is 11.6. The number of ether oxygens (including phenoxy) is 1. The minimum Gasteiger partial charge on any atom is -0.497 e. The molecule has 2 aromatic carbocycles. The topological polar surface area (TPSA) is 72.5 Å². The van der Waals surface area contributed by atoms with Gasteiger partial charge in [-0.1, -0.05) is 18.2 Å². The number of amides is 1. The van der Waals surface area contributed by atoms with Crippen LogP contribution in [-0.4, -0.2) is 47.3 Å². The largest absolute Gasteiger partial charge is 0.497 e. The van der Waals surface area contributed by atoms with Crippen LogP contribution in [0.3, 0.4) is 0 Å². The molecule has 4 aromatic rings. The lowest BCUT2D eigenvalue weighted by molar-refractivity contribution is 0.0934. The number of methoxy groups -OCH3 is 1. The summed E-state index contributed by atoms with van der Waals surface area (Å²) in [5.74, 6) is 1.46. The summed E-state index contributed by atoms with van der Waals surface area (Å²) in [5.41, 5.74) is 2.89. The Bertz CT molecular complexity index is 1210. The van der Waals surface area contributed by atoms with Crippen molar-refractivity contribution in [3.05, 3.63) is 90.5 Å². The van der Waals surface area contributed by atoms with Gasteiger partial charge in [-0.25, -0.2) is 4.68 Å². The monoisotopic (exact) mass is 456 g/mol. The van der Waals surface area contributed by atoms with E-state index in [0.29, 0.717) is 17.8 Å². The van der Waals surface area contributed by atoms with Gasteiger partial charge in [0.25, 0.3) is 5.91 Å².